The van der Waals surface area contributed by atoms with Gasteiger partial charge in [0.2, 0.25) is 5.82 Å². The van der Waals surface area contributed by atoms with Gasteiger partial charge in [-0.25, -0.2) is 4.39 Å². The van der Waals surface area contributed by atoms with Gasteiger partial charge in [0.15, 0.2) is 11.6 Å². The van der Waals surface area contributed by atoms with Crippen LogP contribution in [0.1, 0.15) is 6.92 Å². The number of benzene rings is 2. The third kappa shape index (κ3) is 2.67. The lowest BCUT2D eigenvalue weighted by molar-refractivity contribution is 0.314. The first-order valence-electron chi connectivity index (χ1n) is 5.92. The van der Waals surface area contributed by atoms with Crippen LogP contribution in [-0.4, -0.2) is 13.7 Å². The van der Waals surface area contributed by atoms with E-state index in [0.717, 1.165) is 0 Å². The Bertz CT molecular complexity index is 565. The highest BCUT2D eigenvalue weighted by atomic mass is 19.2. The van der Waals surface area contributed by atoms with Crippen LogP contribution in [0.2, 0.25) is 0 Å². The summed E-state index contributed by atoms with van der Waals surface area (Å²) in [5, 5.41) is 0. The van der Waals surface area contributed by atoms with E-state index >= 15 is 0 Å². The lowest BCUT2D eigenvalue weighted by Gasteiger charge is -2.09. The van der Waals surface area contributed by atoms with Gasteiger partial charge in [-0.15, -0.1) is 0 Å². The largest absolute Gasteiger partial charge is 0.497 e. The first-order valence-corrected chi connectivity index (χ1v) is 5.92. The number of methoxy groups -OCH3 is 1. The smallest absolute Gasteiger partial charge is 0.201 e. The van der Waals surface area contributed by atoms with Crippen molar-refractivity contribution >= 4 is 0 Å². The van der Waals surface area contributed by atoms with Crippen molar-refractivity contribution in [3.63, 3.8) is 0 Å². The third-order valence-corrected chi connectivity index (χ3v) is 2.75. The van der Waals surface area contributed by atoms with E-state index in [4.69, 9.17) is 9.47 Å². The van der Waals surface area contributed by atoms with Gasteiger partial charge in [0.05, 0.1) is 13.7 Å². The van der Waals surface area contributed by atoms with Crippen LogP contribution in [0.5, 0.6) is 11.5 Å². The molecule has 2 aromatic rings. The zero-order valence-corrected chi connectivity index (χ0v) is 10.7. The fraction of sp³-hybridized carbons (Fsp3) is 0.200. The van der Waals surface area contributed by atoms with Crippen LogP contribution >= 0.6 is 0 Å². The Morgan fingerprint density at radius 1 is 0.947 bits per heavy atom. The van der Waals surface area contributed by atoms with Crippen molar-refractivity contribution in [2.45, 2.75) is 6.92 Å². The van der Waals surface area contributed by atoms with Crippen molar-refractivity contribution in [3.8, 4) is 22.6 Å². The van der Waals surface area contributed by atoms with E-state index in [1.165, 1.54) is 12.1 Å². The molecule has 0 bridgehead atoms. The van der Waals surface area contributed by atoms with Crippen molar-refractivity contribution in [1.82, 2.24) is 0 Å². The van der Waals surface area contributed by atoms with Crippen molar-refractivity contribution in [2.24, 2.45) is 0 Å². The van der Waals surface area contributed by atoms with Crippen LogP contribution < -0.4 is 9.47 Å². The fourth-order valence-corrected chi connectivity index (χ4v) is 1.79. The molecule has 100 valence electrons. The molecule has 2 nitrogen and oxygen atoms in total. The molecule has 2 aromatic carbocycles. The Hall–Kier alpha value is -2.10. The average Bonchev–Trinajstić information content (AvgIpc) is 2.45. The Balaban J connectivity index is 2.41. The molecule has 0 spiro atoms. The molecular formula is C15H14F2O2. The maximum atomic E-state index is 14.0. The van der Waals surface area contributed by atoms with E-state index in [1.807, 2.05) is 0 Å². The minimum absolute atomic E-state index is 0.0720. The molecule has 0 radical (unpaired) electrons. The predicted molar refractivity (Wildman–Crippen MR) is 69.5 cm³/mol. The molecule has 0 aromatic heterocycles. The quantitative estimate of drug-likeness (QED) is 0.829. The Kier molecular flexibility index (Phi) is 4.00. The van der Waals surface area contributed by atoms with Crippen LogP contribution in [0.3, 0.4) is 0 Å². The summed E-state index contributed by atoms with van der Waals surface area (Å²) in [6, 6.07) is 9.69. The maximum absolute atomic E-state index is 14.0. The summed E-state index contributed by atoms with van der Waals surface area (Å²) in [6.45, 7) is 2.01. The average molecular weight is 264 g/mol. The van der Waals surface area contributed by atoms with Gasteiger partial charge in [-0.05, 0) is 36.8 Å². The highest BCUT2D eigenvalue weighted by molar-refractivity contribution is 5.66. The first kappa shape index (κ1) is 13.3. The molecule has 0 atom stereocenters. The molecule has 2 rings (SSSR count). The Morgan fingerprint density at radius 2 is 1.63 bits per heavy atom. The minimum Gasteiger partial charge on any atom is -0.497 e. The van der Waals surface area contributed by atoms with E-state index in [0.29, 0.717) is 11.3 Å². The van der Waals surface area contributed by atoms with E-state index in [-0.39, 0.29) is 17.9 Å². The summed E-state index contributed by atoms with van der Waals surface area (Å²) in [5.74, 6) is -1.28. The number of hydrogen-bond acceptors (Lipinski definition) is 2. The summed E-state index contributed by atoms with van der Waals surface area (Å²) in [4.78, 5) is 0. The zero-order chi connectivity index (χ0) is 13.8. The molecular weight excluding hydrogens is 250 g/mol. The van der Waals surface area contributed by atoms with Crippen LogP contribution in [0.25, 0.3) is 11.1 Å². The van der Waals surface area contributed by atoms with Crippen molar-refractivity contribution < 1.29 is 18.3 Å². The zero-order valence-electron chi connectivity index (χ0n) is 10.7. The summed E-state index contributed by atoms with van der Waals surface area (Å²) < 4.78 is 37.8. The van der Waals surface area contributed by atoms with E-state index in [1.54, 1.807) is 38.3 Å². The molecule has 0 amide bonds. The third-order valence-electron chi connectivity index (χ3n) is 2.75. The summed E-state index contributed by atoms with van der Waals surface area (Å²) in [6.07, 6.45) is 0. The lowest BCUT2D eigenvalue weighted by Crippen LogP contribution is -1.98. The van der Waals surface area contributed by atoms with Gasteiger partial charge in [-0.1, -0.05) is 12.1 Å². The van der Waals surface area contributed by atoms with Crippen LogP contribution in [-0.2, 0) is 0 Å². The molecule has 0 heterocycles. The summed E-state index contributed by atoms with van der Waals surface area (Å²) in [5.41, 5.74) is 0.781. The number of halogens is 2. The molecule has 19 heavy (non-hydrogen) atoms. The van der Waals surface area contributed by atoms with E-state index in [2.05, 4.69) is 0 Å². The highest BCUT2D eigenvalue weighted by Crippen LogP contribution is 2.30. The minimum atomic E-state index is -0.963. The van der Waals surface area contributed by atoms with Crippen LogP contribution in [0, 0.1) is 11.6 Å². The summed E-state index contributed by atoms with van der Waals surface area (Å²) >= 11 is 0. The maximum Gasteiger partial charge on any atom is 0.201 e. The molecule has 4 heteroatoms. The van der Waals surface area contributed by atoms with Crippen molar-refractivity contribution in [2.75, 3.05) is 13.7 Å². The van der Waals surface area contributed by atoms with Crippen LogP contribution in [0.4, 0.5) is 8.78 Å². The van der Waals surface area contributed by atoms with Crippen molar-refractivity contribution in [1.29, 1.82) is 0 Å². The van der Waals surface area contributed by atoms with Gasteiger partial charge < -0.3 is 9.47 Å². The van der Waals surface area contributed by atoms with Gasteiger partial charge in [0, 0.05) is 5.56 Å². The van der Waals surface area contributed by atoms with Crippen molar-refractivity contribution in [3.05, 3.63) is 48.0 Å². The Labute approximate surface area is 110 Å². The standard InChI is InChI=1S/C15H14F2O2/c1-3-19-13-9-8-12(14(16)15(13)17)10-4-6-11(18-2)7-5-10/h4-9H,3H2,1-2H3. The monoisotopic (exact) mass is 264 g/mol. The second kappa shape index (κ2) is 5.69. The lowest BCUT2D eigenvalue weighted by atomic mass is 10.0. The van der Waals surface area contributed by atoms with Gasteiger partial charge in [-0.2, -0.15) is 4.39 Å². The summed E-state index contributed by atoms with van der Waals surface area (Å²) in [7, 11) is 1.55. The predicted octanol–water partition coefficient (Wildman–Crippen LogP) is 4.04. The second-order valence-corrected chi connectivity index (χ2v) is 3.90. The molecule has 0 aliphatic heterocycles. The van der Waals surface area contributed by atoms with Crippen LogP contribution in [0.15, 0.2) is 36.4 Å². The second-order valence-electron chi connectivity index (χ2n) is 3.90. The van der Waals surface area contributed by atoms with Gasteiger partial charge in [-0.3, -0.25) is 0 Å². The van der Waals surface area contributed by atoms with E-state index < -0.39 is 11.6 Å². The number of hydrogen-bond donors (Lipinski definition) is 0. The van der Waals surface area contributed by atoms with E-state index in [9.17, 15) is 8.78 Å². The first-order chi connectivity index (χ1) is 9.17. The van der Waals surface area contributed by atoms with Gasteiger partial charge >= 0.3 is 0 Å². The normalized spacial score (nSPS) is 10.3. The molecule has 0 N–H and O–H groups in total. The molecule has 0 aliphatic carbocycles. The Morgan fingerprint density at radius 3 is 2.21 bits per heavy atom. The SMILES string of the molecule is CCOc1ccc(-c2ccc(OC)cc2)c(F)c1F. The number of rotatable bonds is 4. The number of ether oxygens (including phenoxy) is 2. The molecule has 0 saturated heterocycles. The molecule has 0 unspecified atom stereocenters. The molecule has 0 fully saturated rings. The highest BCUT2D eigenvalue weighted by Gasteiger charge is 2.15. The topological polar surface area (TPSA) is 18.5 Å². The molecule has 0 saturated carbocycles. The fourth-order valence-electron chi connectivity index (χ4n) is 1.79. The molecule has 0 aliphatic rings. The van der Waals surface area contributed by atoms with Gasteiger partial charge in [0.1, 0.15) is 5.75 Å². The van der Waals surface area contributed by atoms with Gasteiger partial charge in [0.25, 0.3) is 0 Å².